The van der Waals surface area contributed by atoms with Crippen molar-refractivity contribution < 1.29 is 9.59 Å². The molecule has 0 aromatic rings. The molecule has 0 bridgehead atoms. The average Bonchev–Trinajstić information content (AvgIpc) is 3.07. The second-order valence-corrected chi connectivity index (χ2v) is 14.3. The Morgan fingerprint density at radius 3 is 1.44 bits per heavy atom. The van der Waals surface area contributed by atoms with Crippen LogP contribution in [0.25, 0.3) is 0 Å². The summed E-state index contributed by atoms with van der Waals surface area (Å²) in [6.07, 6.45) is 40.0. The number of guanidine groups is 1. The van der Waals surface area contributed by atoms with Crippen LogP contribution in [-0.2, 0) is 9.59 Å². The van der Waals surface area contributed by atoms with Crippen LogP contribution in [-0.4, -0.2) is 55.9 Å². The zero-order chi connectivity index (χ0) is 35.3. The molecule has 1 unspecified atom stereocenters. The Bertz CT molecular complexity index is 770. The van der Waals surface area contributed by atoms with Crippen LogP contribution in [0.4, 0.5) is 0 Å². The van der Waals surface area contributed by atoms with Gasteiger partial charge < -0.3 is 20.9 Å². The number of amides is 2. The van der Waals surface area contributed by atoms with Gasteiger partial charge in [-0.1, -0.05) is 161 Å². The van der Waals surface area contributed by atoms with E-state index in [1.165, 1.54) is 135 Å². The molecule has 0 aromatic carbocycles. The van der Waals surface area contributed by atoms with Crippen LogP contribution in [0.3, 0.4) is 0 Å². The van der Waals surface area contributed by atoms with Gasteiger partial charge in [0.25, 0.3) is 0 Å². The van der Waals surface area contributed by atoms with Gasteiger partial charge in [0.05, 0.1) is 0 Å². The summed E-state index contributed by atoms with van der Waals surface area (Å²) in [5.74, 6) is 0.143. The van der Waals surface area contributed by atoms with Crippen molar-refractivity contribution in [1.29, 1.82) is 5.41 Å². The zero-order valence-corrected chi connectivity index (χ0v) is 32.4. The third-order valence-electron chi connectivity index (χ3n) is 9.32. The number of nitrogens with one attached hydrogen (secondary N) is 4. The Morgan fingerprint density at radius 1 is 0.562 bits per heavy atom. The summed E-state index contributed by atoms with van der Waals surface area (Å²) in [7, 11) is 3.62. The molecule has 0 heterocycles. The fraction of sp³-hybridized carbons (Fsp3) is 0.878. The van der Waals surface area contributed by atoms with Crippen molar-refractivity contribution in [3.05, 3.63) is 12.2 Å². The number of nitrogens with zero attached hydrogens (tertiary/aromatic N) is 1. The van der Waals surface area contributed by atoms with Gasteiger partial charge in [-0.3, -0.25) is 15.0 Å². The molecule has 1 atom stereocenters. The molecule has 0 aliphatic carbocycles. The van der Waals surface area contributed by atoms with Gasteiger partial charge in [0.15, 0.2) is 5.96 Å². The van der Waals surface area contributed by atoms with Gasteiger partial charge in [-0.15, -0.1) is 0 Å². The quantitative estimate of drug-likeness (QED) is 0.0233. The van der Waals surface area contributed by atoms with Crippen LogP contribution < -0.4 is 16.0 Å². The molecule has 2 amide bonds. The van der Waals surface area contributed by atoms with E-state index >= 15 is 0 Å². The lowest BCUT2D eigenvalue weighted by atomic mass is 10.0. The first-order valence-electron chi connectivity index (χ1n) is 20.6. The predicted molar refractivity (Wildman–Crippen MR) is 209 cm³/mol. The molecule has 0 rings (SSSR count). The van der Waals surface area contributed by atoms with Gasteiger partial charge in [-0.2, -0.15) is 0 Å². The Kier molecular flexibility index (Phi) is 34.7. The SMILES string of the molecule is CCCCCCCC/C=C/CCCCCCCC(=O)NC(CCNC(=N)N(C)C)C(=O)NCCCCCCCCCCCCCCCC. The van der Waals surface area contributed by atoms with E-state index in [9.17, 15) is 9.59 Å². The molecule has 0 fully saturated rings. The van der Waals surface area contributed by atoms with Crippen molar-refractivity contribution in [2.45, 2.75) is 206 Å². The zero-order valence-electron chi connectivity index (χ0n) is 32.4. The summed E-state index contributed by atoms with van der Waals surface area (Å²) >= 11 is 0. The Hall–Kier alpha value is -2.05. The lowest BCUT2D eigenvalue weighted by Gasteiger charge is -2.20. The summed E-state index contributed by atoms with van der Waals surface area (Å²) in [4.78, 5) is 27.4. The minimum absolute atomic E-state index is 0.0491. The molecule has 0 saturated carbocycles. The first kappa shape index (κ1) is 46.0. The van der Waals surface area contributed by atoms with Crippen LogP contribution in [0.15, 0.2) is 12.2 Å². The highest BCUT2D eigenvalue weighted by atomic mass is 16.2. The minimum atomic E-state index is -0.574. The molecule has 0 saturated heterocycles. The van der Waals surface area contributed by atoms with Crippen LogP contribution in [0.1, 0.15) is 200 Å². The number of carbonyl (C=O) groups is 2. The lowest BCUT2D eigenvalue weighted by molar-refractivity contribution is -0.129. The van der Waals surface area contributed by atoms with Crippen LogP contribution >= 0.6 is 0 Å². The highest BCUT2D eigenvalue weighted by Gasteiger charge is 2.20. The molecular formula is C41H81N5O2. The van der Waals surface area contributed by atoms with E-state index in [4.69, 9.17) is 5.41 Å². The van der Waals surface area contributed by atoms with E-state index in [0.717, 1.165) is 38.5 Å². The van der Waals surface area contributed by atoms with Crippen LogP contribution in [0.2, 0.25) is 0 Å². The van der Waals surface area contributed by atoms with E-state index in [0.29, 0.717) is 31.9 Å². The maximum absolute atomic E-state index is 13.0. The molecule has 0 radical (unpaired) electrons. The topological polar surface area (TPSA) is 97.3 Å². The van der Waals surface area contributed by atoms with Gasteiger partial charge in [0.2, 0.25) is 11.8 Å². The van der Waals surface area contributed by atoms with Crippen molar-refractivity contribution in [1.82, 2.24) is 20.9 Å². The van der Waals surface area contributed by atoms with Gasteiger partial charge in [-0.05, 0) is 44.9 Å². The highest BCUT2D eigenvalue weighted by Crippen LogP contribution is 2.13. The normalized spacial score (nSPS) is 11.9. The van der Waals surface area contributed by atoms with Gasteiger partial charge in [0.1, 0.15) is 6.04 Å². The van der Waals surface area contributed by atoms with E-state index < -0.39 is 6.04 Å². The van der Waals surface area contributed by atoms with Gasteiger partial charge in [0, 0.05) is 33.6 Å². The van der Waals surface area contributed by atoms with Crippen molar-refractivity contribution in [3.8, 4) is 0 Å². The molecule has 7 heteroatoms. The van der Waals surface area contributed by atoms with Crippen molar-refractivity contribution in [3.63, 3.8) is 0 Å². The summed E-state index contributed by atoms with van der Waals surface area (Å²) in [6.45, 7) is 5.65. The third-order valence-corrected chi connectivity index (χ3v) is 9.32. The summed E-state index contributed by atoms with van der Waals surface area (Å²) in [6, 6.07) is -0.574. The fourth-order valence-corrected chi connectivity index (χ4v) is 6.04. The fourth-order valence-electron chi connectivity index (χ4n) is 6.04. The lowest BCUT2D eigenvalue weighted by Crippen LogP contribution is -2.49. The van der Waals surface area contributed by atoms with Crippen molar-refractivity contribution in [2.24, 2.45) is 0 Å². The first-order valence-corrected chi connectivity index (χ1v) is 20.6. The number of rotatable bonds is 35. The van der Waals surface area contributed by atoms with E-state index in [1.807, 2.05) is 14.1 Å². The number of unbranched alkanes of at least 4 members (excludes halogenated alkanes) is 24. The maximum atomic E-state index is 13.0. The standard InChI is InChI=1S/C41H81N5O2/c1-5-7-9-11-13-15-17-19-21-22-24-26-28-30-32-34-39(47)45-38(35-37-44-41(42)46(3)4)40(48)43-36-33-31-29-27-25-23-20-18-16-14-12-10-8-6-2/h19,21,38H,5-18,20,22-37H2,1-4H3,(H2,42,44)(H,43,48)(H,45,47)/b21-19+. The van der Waals surface area contributed by atoms with Crippen LogP contribution in [0.5, 0.6) is 0 Å². The molecule has 0 aliphatic rings. The first-order chi connectivity index (χ1) is 23.4. The minimum Gasteiger partial charge on any atom is -0.356 e. The van der Waals surface area contributed by atoms with Crippen LogP contribution in [0, 0.1) is 5.41 Å². The Labute approximate surface area is 298 Å². The number of hydrogen-bond donors (Lipinski definition) is 4. The van der Waals surface area contributed by atoms with Crippen molar-refractivity contribution in [2.75, 3.05) is 27.2 Å². The maximum Gasteiger partial charge on any atom is 0.242 e. The largest absolute Gasteiger partial charge is 0.356 e. The second kappa shape index (κ2) is 36.2. The molecule has 282 valence electrons. The molecule has 0 aliphatic heterocycles. The Balaban J connectivity index is 4.09. The van der Waals surface area contributed by atoms with E-state index in [-0.39, 0.29) is 11.8 Å². The summed E-state index contributed by atoms with van der Waals surface area (Å²) in [5.41, 5.74) is 0. The van der Waals surface area contributed by atoms with E-state index in [1.54, 1.807) is 4.90 Å². The summed E-state index contributed by atoms with van der Waals surface area (Å²) < 4.78 is 0. The third kappa shape index (κ3) is 32.5. The number of allylic oxidation sites excluding steroid dienone is 2. The molecular weight excluding hydrogens is 594 g/mol. The second-order valence-electron chi connectivity index (χ2n) is 14.3. The summed E-state index contributed by atoms with van der Waals surface area (Å²) in [5, 5.41) is 17.1. The van der Waals surface area contributed by atoms with Gasteiger partial charge >= 0.3 is 0 Å². The van der Waals surface area contributed by atoms with E-state index in [2.05, 4.69) is 41.9 Å². The molecule has 0 aromatic heterocycles. The molecule has 48 heavy (non-hydrogen) atoms. The smallest absolute Gasteiger partial charge is 0.242 e. The molecule has 7 nitrogen and oxygen atoms in total. The predicted octanol–water partition coefficient (Wildman–Crippen LogP) is 10.6. The number of carbonyl (C=O) groups excluding carboxylic acids is 2. The molecule has 4 N–H and O–H groups in total. The molecule has 0 spiro atoms. The highest BCUT2D eigenvalue weighted by molar-refractivity contribution is 5.87. The average molecular weight is 676 g/mol. The van der Waals surface area contributed by atoms with Gasteiger partial charge in [-0.25, -0.2) is 0 Å². The Morgan fingerprint density at radius 2 is 0.979 bits per heavy atom. The number of hydrogen-bond acceptors (Lipinski definition) is 3. The van der Waals surface area contributed by atoms with Crippen molar-refractivity contribution >= 4 is 17.8 Å². The monoisotopic (exact) mass is 676 g/mol.